The van der Waals surface area contributed by atoms with Gasteiger partial charge in [-0.25, -0.2) is 8.78 Å². The maximum absolute atomic E-state index is 13.9. The Hall–Kier alpha value is -2.24. The van der Waals surface area contributed by atoms with Crippen LogP contribution in [0.4, 0.5) is 8.78 Å². The molecule has 2 aliphatic rings. The summed E-state index contributed by atoms with van der Waals surface area (Å²) in [7, 11) is 1.63. The highest BCUT2D eigenvalue weighted by Crippen LogP contribution is 2.49. The number of carbonyl (C=O) groups is 2. The molecular weight excluding hydrogens is 470 g/mol. The Labute approximate surface area is 223 Å². The molecule has 2 rings (SSSR count). The van der Waals surface area contributed by atoms with Gasteiger partial charge in [-0.2, -0.15) is 0 Å². The lowest BCUT2D eigenvalue weighted by atomic mass is 9.70. The lowest BCUT2D eigenvalue weighted by Crippen LogP contribution is -2.65. The van der Waals surface area contributed by atoms with E-state index in [0.29, 0.717) is 23.6 Å². The van der Waals surface area contributed by atoms with Crippen molar-refractivity contribution in [2.45, 2.75) is 124 Å². The summed E-state index contributed by atoms with van der Waals surface area (Å²) in [4.78, 5) is 27.0. The zero-order valence-corrected chi connectivity index (χ0v) is 24.1. The Kier molecular flexibility index (Phi) is 10.9. The van der Waals surface area contributed by atoms with Gasteiger partial charge in [0.25, 0.3) is 11.8 Å². The Bertz CT molecular complexity index is 973. The summed E-state index contributed by atoms with van der Waals surface area (Å²) in [6, 6.07) is 0. The fraction of sp³-hybridized carbons (Fsp3) is 0.677. The van der Waals surface area contributed by atoms with Gasteiger partial charge in [0.2, 0.25) is 0 Å². The van der Waals surface area contributed by atoms with E-state index >= 15 is 0 Å². The molecule has 2 saturated carbocycles. The first kappa shape index (κ1) is 31.0. The zero-order valence-electron chi connectivity index (χ0n) is 24.1. The number of hydrogen-bond acceptors (Lipinski definition) is 3. The summed E-state index contributed by atoms with van der Waals surface area (Å²) >= 11 is 0. The molecular formula is C31H48F2N2O2. The second-order valence-corrected chi connectivity index (χ2v) is 11.3. The molecule has 2 N–H and O–H groups in total. The summed E-state index contributed by atoms with van der Waals surface area (Å²) < 4.78 is 27.9. The molecule has 37 heavy (non-hydrogen) atoms. The molecule has 1 unspecified atom stereocenters. The first-order valence-corrected chi connectivity index (χ1v) is 14.0. The van der Waals surface area contributed by atoms with Crippen molar-refractivity contribution >= 4 is 11.7 Å². The van der Waals surface area contributed by atoms with Crippen LogP contribution in [0.2, 0.25) is 0 Å². The molecule has 0 bridgehead atoms. The minimum absolute atomic E-state index is 0.109. The van der Waals surface area contributed by atoms with Crippen LogP contribution in [0, 0.1) is 5.92 Å². The second-order valence-electron chi connectivity index (χ2n) is 11.3. The van der Waals surface area contributed by atoms with E-state index in [2.05, 4.69) is 31.1 Å². The summed E-state index contributed by atoms with van der Waals surface area (Å²) in [5, 5.41) is 5.79. The van der Waals surface area contributed by atoms with Gasteiger partial charge in [0.05, 0.1) is 5.54 Å². The first-order valence-electron chi connectivity index (χ1n) is 14.0. The van der Waals surface area contributed by atoms with E-state index in [4.69, 9.17) is 0 Å². The van der Waals surface area contributed by atoms with Gasteiger partial charge in [0.1, 0.15) is 0 Å². The van der Waals surface area contributed by atoms with Crippen molar-refractivity contribution in [1.29, 1.82) is 0 Å². The van der Waals surface area contributed by atoms with Gasteiger partial charge in [-0.3, -0.25) is 9.59 Å². The minimum Gasteiger partial charge on any atom is -0.390 e. The molecule has 208 valence electrons. The van der Waals surface area contributed by atoms with E-state index in [0.717, 1.165) is 79.2 Å². The monoisotopic (exact) mass is 518 g/mol. The normalized spacial score (nSPS) is 20.0. The van der Waals surface area contributed by atoms with E-state index in [-0.39, 0.29) is 11.7 Å². The van der Waals surface area contributed by atoms with Crippen LogP contribution in [0.5, 0.6) is 0 Å². The molecule has 0 aromatic carbocycles. The molecule has 4 nitrogen and oxygen atoms in total. The number of ketones is 1. The number of rotatable bonds is 14. The molecule has 2 fully saturated rings. The Morgan fingerprint density at radius 1 is 1.05 bits per heavy atom. The quantitative estimate of drug-likeness (QED) is 0.183. The van der Waals surface area contributed by atoms with Crippen LogP contribution in [0.25, 0.3) is 0 Å². The number of alkyl halides is 2. The van der Waals surface area contributed by atoms with Crippen molar-refractivity contribution in [2.75, 3.05) is 7.05 Å². The Balaban J connectivity index is 2.46. The van der Waals surface area contributed by atoms with Crippen molar-refractivity contribution in [2.24, 2.45) is 5.92 Å². The predicted octanol–water partition coefficient (Wildman–Crippen LogP) is 7.72. The third-order valence-corrected chi connectivity index (χ3v) is 8.33. The van der Waals surface area contributed by atoms with Crippen molar-refractivity contribution in [3.8, 4) is 0 Å². The highest BCUT2D eigenvalue weighted by molar-refractivity contribution is 6.03. The van der Waals surface area contributed by atoms with Gasteiger partial charge < -0.3 is 10.6 Å². The maximum atomic E-state index is 13.9. The van der Waals surface area contributed by atoms with E-state index in [1.165, 1.54) is 0 Å². The first-order chi connectivity index (χ1) is 17.3. The van der Waals surface area contributed by atoms with Crippen molar-refractivity contribution < 1.29 is 18.4 Å². The summed E-state index contributed by atoms with van der Waals surface area (Å²) in [5.74, 6) is -2.42. The van der Waals surface area contributed by atoms with Gasteiger partial charge in [-0.1, -0.05) is 51.3 Å². The summed E-state index contributed by atoms with van der Waals surface area (Å²) in [5.41, 5.74) is 4.18. The third-order valence-electron chi connectivity index (χ3n) is 8.33. The molecule has 0 aromatic heterocycles. The summed E-state index contributed by atoms with van der Waals surface area (Å²) in [6.07, 6.45) is 7.01. The number of hydrogen-bond donors (Lipinski definition) is 2. The fourth-order valence-corrected chi connectivity index (χ4v) is 5.47. The number of likely N-dealkylation sites (N-methyl/N-ethyl adjacent to an activating group) is 1. The van der Waals surface area contributed by atoms with Gasteiger partial charge in [-0.05, 0) is 76.4 Å². The second kappa shape index (κ2) is 13.0. The molecule has 0 heterocycles. The summed E-state index contributed by atoms with van der Waals surface area (Å²) in [6.45, 7) is 16.2. The average Bonchev–Trinajstić information content (AvgIpc) is 2.78. The topological polar surface area (TPSA) is 58.2 Å². The van der Waals surface area contributed by atoms with Gasteiger partial charge in [0, 0.05) is 43.2 Å². The maximum Gasteiger partial charge on any atom is 0.253 e. The van der Waals surface area contributed by atoms with Crippen molar-refractivity contribution in [1.82, 2.24) is 10.6 Å². The number of Topliss-reactive ketones (excluding diaryl/α,β-unsaturated/α-hetero) is 1. The van der Waals surface area contributed by atoms with Crippen molar-refractivity contribution in [3.63, 3.8) is 0 Å². The van der Waals surface area contributed by atoms with Crippen LogP contribution in [0.1, 0.15) is 112 Å². The molecule has 6 heteroatoms. The molecule has 0 aliphatic heterocycles. The van der Waals surface area contributed by atoms with Crippen LogP contribution < -0.4 is 10.6 Å². The van der Waals surface area contributed by atoms with E-state index in [9.17, 15) is 18.4 Å². The van der Waals surface area contributed by atoms with E-state index < -0.39 is 24.3 Å². The fourth-order valence-electron chi connectivity index (χ4n) is 5.47. The molecule has 1 atom stereocenters. The van der Waals surface area contributed by atoms with Crippen LogP contribution in [-0.4, -0.2) is 30.2 Å². The molecule has 2 aliphatic carbocycles. The molecule has 1 amide bonds. The number of nitrogens with one attached hydrogen (secondary N) is 2. The van der Waals surface area contributed by atoms with Gasteiger partial charge >= 0.3 is 0 Å². The van der Waals surface area contributed by atoms with Crippen LogP contribution in [0.3, 0.4) is 0 Å². The van der Waals surface area contributed by atoms with Crippen LogP contribution >= 0.6 is 0 Å². The third kappa shape index (κ3) is 7.42. The molecule has 0 aromatic rings. The predicted molar refractivity (Wildman–Crippen MR) is 148 cm³/mol. The van der Waals surface area contributed by atoms with E-state index in [1.54, 1.807) is 7.05 Å². The van der Waals surface area contributed by atoms with Gasteiger partial charge in [0.15, 0.2) is 5.78 Å². The smallest absolute Gasteiger partial charge is 0.253 e. The Morgan fingerprint density at radius 3 is 2.14 bits per heavy atom. The minimum atomic E-state index is -2.83. The number of allylic oxidation sites excluding steroid dienone is 4. The largest absolute Gasteiger partial charge is 0.390 e. The lowest BCUT2D eigenvalue weighted by Gasteiger charge is -2.49. The lowest BCUT2D eigenvalue weighted by molar-refractivity contribution is -0.138. The molecule has 0 saturated heterocycles. The average molecular weight is 519 g/mol. The number of carbonyl (C=O) groups excluding carboxylic acids is 2. The number of amides is 1. The Morgan fingerprint density at radius 2 is 1.68 bits per heavy atom. The van der Waals surface area contributed by atoms with Crippen LogP contribution in [-0.2, 0) is 9.59 Å². The van der Waals surface area contributed by atoms with Gasteiger partial charge in [-0.15, -0.1) is 0 Å². The van der Waals surface area contributed by atoms with E-state index in [1.807, 2.05) is 27.7 Å². The zero-order chi connectivity index (χ0) is 28.0. The van der Waals surface area contributed by atoms with Crippen molar-refractivity contribution in [3.05, 3.63) is 45.7 Å². The molecule has 0 spiro atoms. The highest BCUT2D eigenvalue weighted by atomic mass is 19.3. The number of halogens is 2. The highest BCUT2D eigenvalue weighted by Gasteiger charge is 2.59. The SMILES string of the molecule is C=C(NC)C1(NC(=O)C(=C2CCC2)/C(C)=C(C)/C(C(=O)CCC)=C(\C)CCCC(C)CC)CC(F)(F)C1. The van der Waals surface area contributed by atoms with Crippen LogP contribution in [0.15, 0.2) is 45.7 Å². The standard InChI is InChI=1S/C31H48F2N2O2/c1-9-13-26(36)27(21(4)15-11-14-20(3)10-2)22(5)23(6)28(25-16-12-17-25)29(37)35-30(24(7)34-8)18-31(32,33)19-30/h20,34H,7,9-19H2,1-6,8H3,(H,35,37)/b23-22+,27-21-. The molecule has 0 radical (unpaired) electrons.